The average molecular weight is 375 g/mol. The molecule has 0 atom stereocenters. The summed E-state index contributed by atoms with van der Waals surface area (Å²) >= 11 is 0. The van der Waals surface area contributed by atoms with Crippen LogP contribution in [0.15, 0.2) is 30.1 Å². The summed E-state index contributed by atoms with van der Waals surface area (Å²) < 4.78 is 39.5. The van der Waals surface area contributed by atoms with Crippen LogP contribution in [0, 0.1) is 40.7 Å². The Hall–Kier alpha value is -1.76. The van der Waals surface area contributed by atoms with Gasteiger partial charge in [0.15, 0.2) is 17.5 Å². The van der Waals surface area contributed by atoms with Crippen molar-refractivity contribution in [1.82, 2.24) is 0 Å². The molecule has 0 aromatic heterocycles. The maximum absolute atomic E-state index is 13.5. The smallest absolute Gasteiger partial charge is 0.196 e. The van der Waals surface area contributed by atoms with Gasteiger partial charge in [-0.3, -0.25) is 0 Å². The standard InChI is InChI=1S/C23H28F3N/c24-21(15-27)3-1-2-16-4-6-17(7-5-16)18-8-10-19(11-9-18)20-12-13-22(25)23(26)14-20/h3,12-14,16-19H,1-2,4-11H2. The lowest BCUT2D eigenvalue weighted by atomic mass is 9.68. The molecule has 1 nitrogen and oxygen atoms in total. The minimum Gasteiger partial charge on any atom is -0.204 e. The van der Waals surface area contributed by atoms with Gasteiger partial charge in [0.1, 0.15) is 6.07 Å². The minimum absolute atomic E-state index is 0.356. The highest BCUT2D eigenvalue weighted by molar-refractivity contribution is 5.22. The van der Waals surface area contributed by atoms with Crippen molar-refractivity contribution in [1.29, 1.82) is 5.26 Å². The van der Waals surface area contributed by atoms with E-state index < -0.39 is 17.5 Å². The molecule has 0 spiro atoms. The molecular formula is C23H28F3N. The highest BCUT2D eigenvalue weighted by Crippen LogP contribution is 2.44. The second kappa shape index (κ2) is 9.44. The van der Waals surface area contributed by atoms with Crippen LogP contribution < -0.4 is 0 Å². The molecule has 2 saturated carbocycles. The molecule has 27 heavy (non-hydrogen) atoms. The maximum Gasteiger partial charge on any atom is 0.196 e. The largest absolute Gasteiger partial charge is 0.204 e. The predicted octanol–water partition coefficient (Wildman–Crippen LogP) is 7.20. The van der Waals surface area contributed by atoms with E-state index in [0.717, 1.165) is 36.7 Å². The van der Waals surface area contributed by atoms with Crippen molar-refractivity contribution in [2.45, 2.75) is 70.1 Å². The third-order valence-electron chi connectivity index (χ3n) is 6.75. The third kappa shape index (κ3) is 5.37. The summed E-state index contributed by atoms with van der Waals surface area (Å²) in [6.45, 7) is 0. The number of halogens is 3. The van der Waals surface area contributed by atoms with Crippen molar-refractivity contribution in [2.24, 2.45) is 17.8 Å². The number of nitriles is 1. The van der Waals surface area contributed by atoms with Crippen LogP contribution >= 0.6 is 0 Å². The van der Waals surface area contributed by atoms with E-state index in [2.05, 4.69) is 0 Å². The molecule has 146 valence electrons. The lowest BCUT2D eigenvalue weighted by Crippen LogP contribution is -2.25. The zero-order valence-corrected chi connectivity index (χ0v) is 15.8. The van der Waals surface area contributed by atoms with E-state index in [1.165, 1.54) is 62.8 Å². The summed E-state index contributed by atoms with van der Waals surface area (Å²) in [6.07, 6.45) is 12.4. The van der Waals surface area contributed by atoms with E-state index in [-0.39, 0.29) is 0 Å². The van der Waals surface area contributed by atoms with Gasteiger partial charge in [0.25, 0.3) is 0 Å². The first-order valence-electron chi connectivity index (χ1n) is 10.3. The van der Waals surface area contributed by atoms with Crippen molar-refractivity contribution in [2.75, 3.05) is 0 Å². The second-order valence-electron chi connectivity index (χ2n) is 8.31. The molecule has 0 saturated heterocycles. The summed E-state index contributed by atoms with van der Waals surface area (Å²) in [4.78, 5) is 0. The Kier molecular flexibility index (Phi) is 6.99. The first kappa shape index (κ1) is 20.0. The van der Waals surface area contributed by atoms with Crippen LogP contribution in [0.4, 0.5) is 13.2 Å². The molecule has 0 heterocycles. The summed E-state index contributed by atoms with van der Waals surface area (Å²) in [5, 5.41) is 8.44. The maximum atomic E-state index is 13.5. The summed E-state index contributed by atoms with van der Waals surface area (Å²) in [5.74, 6) is 0.368. The highest BCUT2D eigenvalue weighted by Gasteiger charge is 2.31. The van der Waals surface area contributed by atoms with E-state index in [4.69, 9.17) is 5.26 Å². The molecule has 3 rings (SSSR count). The van der Waals surface area contributed by atoms with E-state index >= 15 is 0 Å². The fourth-order valence-electron chi connectivity index (χ4n) is 5.13. The minimum atomic E-state index is -0.768. The van der Waals surface area contributed by atoms with Gasteiger partial charge >= 0.3 is 0 Å². The van der Waals surface area contributed by atoms with Gasteiger partial charge < -0.3 is 0 Å². The lowest BCUT2D eigenvalue weighted by Gasteiger charge is -2.38. The van der Waals surface area contributed by atoms with Crippen LogP contribution in [0.25, 0.3) is 0 Å². The molecule has 0 aliphatic heterocycles. The van der Waals surface area contributed by atoms with Gasteiger partial charge in [-0.25, -0.2) is 8.78 Å². The Labute approximate surface area is 160 Å². The Bertz CT molecular complexity index is 690. The van der Waals surface area contributed by atoms with E-state index in [0.29, 0.717) is 18.3 Å². The van der Waals surface area contributed by atoms with Crippen molar-refractivity contribution in [3.05, 3.63) is 47.3 Å². The highest BCUT2D eigenvalue weighted by atomic mass is 19.2. The van der Waals surface area contributed by atoms with Crippen LogP contribution in [-0.4, -0.2) is 0 Å². The first-order chi connectivity index (χ1) is 13.1. The zero-order valence-electron chi connectivity index (χ0n) is 15.8. The van der Waals surface area contributed by atoms with Gasteiger partial charge in [-0.15, -0.1) is 0 Å². The molecule has 0 amide bonds. The van der Waals surface area contributed by atoms with Crippen molar-refractivity contribution in [3.8, 4) is 6.07 Å². The number of benzene rings is 1. The van der Waals surface area contributed by atoms with Gasteiger partial charge in [0.05, 0.1) is 0 Å². The summed E-state index contributed by atoms with van der Waals surface area (Å²) in [7, 11) is 0. The first-order valence-corrected chi connectivity index (χ1v) is 10.3. The third-order valence-corrected chi connectivity index (χ3v) is 6.75. The SMILES string of the molecule is N#CC(F)=CCCC1CCC(C2CCC(c3ccc(F)c(F)c3)CC2)CC1. The predicted molar refractivity (Wildman–Crippen MR) is 101 cm³/mol. The monoisotopic (exact) mass is 375 g/mol. The van der Waals surface area contributed by atoms with Crippen LogP contribution in [0.3, 0.4) is 0 Å². The quantitative estimate of drug-likeness (QED) is 0.499. The van der Waals surface area contributed by atoms with E-state index in [1.807, 2.05) is 0 Å². The molecule has 2 aliphatic carbocycles. The summed E-state index contributed by atoms with van der Waals surface area (Å²) in [5.41, 5.74) is 0.939. The van der Waals surface area contributed by atoms with Gasteiger partial charge in [0.2, 0.25) is 0 Å². The number of hydrogen-bond donors (Lipinski definition) is 0. The molecule has 0 N–H and O–H groups in total. The van der Waals surface area contributed by atoms with Gasteiger partial charge in [0, 0.05) is 0 Å². The molecule has 1 aromatic rings. The Morgan fingerprint density at radius 2 is 1.59 bits per heavy atom. The van der Waals surface area contributed by atoms with Crippen molar-refractivity contribution in [3.63, 3.8) is 0 Å². The molecular weight excluding hydrogens is 347 g/mol. The molecule has 0 bridgehead atoms. The van der Waals surface area contributed by atoms with Gasteiger partial charge in [-0.2, -0.15) is 9.65 Å². The number of nitrogens with zero attached hydrogens (tertiary/aromatic N) is 1. The Balaban J connectivity index is 1.42. The van der Waals surface area contributed by atoms with Gasteiger partial charge in [-0.1, -0.05) is 18.9 Å². The Morgan fingerprint density at radius 1 is 0.963 bits per heavy atom. The molecule has 1 aromatic carbocycles. The van der Waals surface area contributed by atoms with Crippen LogP contribution in [-0.2, 0) is 0 Å². The number of allylic oxidation sites excluding steroid dienone is 2. The molecule has 2 fully saturated rings. The molecule has 4 heteroatoms. The topological polar surface area (TPSA) is 23.8 Å². The van der Waals surface area contributed by atoms with Crippen LogP contribution in [0.2, 0.25) is 0 Å². The average Bonchev–Trinajstić information content (AvgIpc) is 2.70. The van der Waals surface area contributed by atoms with Crippen LogP contribution in [0.1, 0.15) is 75.7 Å². The van der Waals surface area contributed by atoms with Gasteiger partial charge in [-0.05, 0) is 98.8 Å². The van der Waals surface area contributed by atoms with E-state index in [1.54, 1.807) is 6.07 Å². The number of rotatable bonds is 5. The molecule has 2 aliphatic rings. The van der Waals surface area contributed by atoms with Crippen molar-refractivity contribution < 1.29 is 13.2 Å². The lowest BCUT2D eigenvalue weighted by molar-refractivity contribution is 0.157. The molecule has 0 radical (unpaired) electrons. The zero-order chi connectivity index (χ0) is 19.2. The van der Waals surface area contributed by atoms with E-state index in [9.17, 15) is 13.2 Å². The van der Waals surface area contributed by atoms with Crippen molar-refractivity contribution >= 4 is 0 Å². The Morgan fingerprint density at radius 3 is 2.19 bits per heavy atom. The van der Waals surface area contributed by atoms with Crippen LogP contribution in [0.5, 0.6) is 0 Å². The normalized spacial score (nSPS) is 29.3. The number of hydrogen-bond acceptors (Lipinski definition) is 1. The molecule has 0 unspecified atom stereocenters. The fourth-order valence-corrected chi connectivity index (χ4v) is 5.13. The second-order valence-corrected chi connectivity index (χ2v) is 8.31. The fraction of sp³-hybridized carbons (Fsp3) is 0.609. The summed E-state index contributed by atoms with van der Waals surface area (Å²) in [6, 6.07) is 5.88.